The highest BCUT2D eigenvalue weighted by Crippen LogP contribution is 2.39. The Balaban J connectivity index is 1.87. The molecule has 25 heavy (non-hydrogen) atoms. The third-order valence-electron chi connectivity index (χ3n) is 4.19. The molecule has 0 spiro atoms. The van der Waals surface area contributed by atoms with Crippen molar-refractivity contribution in [2.75, 3.05) is 0 Å². The first-order valence-corrected chi connectivity index (χ1v) is 8.84. The molecule has 1 heterocycles. The molecule has 0 bridgehead atoms. The zero-order valence-corrected chi connectivity index (χ0v) is 14.9. The van der Waals surface area contributed by atoms with Crippen LogP contribution in [0.1, 0.15) is 27.6 Å². The zero-order chi connectivity index (χ0) is 17.2. The van der Waals surface area contributed by atoms with E-state index in [9.17, 15) is 4.79 Å². The van der Waals surface area contributed by atoms with Gasteiger partial charge in [-0.05, 0) is 41.5 Å². The summed E-state index contributed by atoms with van der Waals surface area (Å²) in [5.74, 6) is 0.642. The number of benzene rings is 3. The van der Waals surface area contributed by atoms with Gasteiger partial charge in [0, 0.05) is 10.0 Å². The molecule has 2 nitrogen and oxygen atoms in total. The molecule has 4 rings (SSSR count). The number of Topliss-reactive ketones (excluding diaryl/α,β-unsaturated/α-hetero) is 1. The van der Waals surface area contributed by atoms with Crippen molar-refractivity contribution in [2.24, 2.45) is 0 Å². The van der Waals surface area contributed by atoms with Gasteiger partial charge in [0.15, 0.2) is 11.9 Å². The van der Waals surface area contributed by atoms with E-state index in [1.54, 1.807) is 0 Å². The Morgan fingerprint density at radius 2 is 1.64 bits per heavy atom. The largest absolute Gasteiger partial charge is 0.480 e. The van der Waals surface area contributed by atoms with Gasteiger partial charge < -0.3 is 4.74 Å². The number of ketones is 1. The number of rotatable bonds is 2. The number of carbonyl (C=O) groups excluding carboxylic acids is 1. The molecular formula is C22H15BrO2. The quantitative estimate of drug-likeness (QED) is 0.513. The third kappa shape index (κ3) is 3.15. The lowest BCUT2D eigenvalue weighted by Crippen LogP contribution is -2.23. The van der Waals surface area contributed by atoms with Gasteiger partial charge >= 0.3 is 0 Å². The molecule has 3 heteroatoms. The first-order valence-electron chi connectivity index (χ1n) is 8.05. The van der Waals surface area contributed by atoms with Crippen LogP contribution in [0.25, 0.3) is 6.08 Å². The monoisotopic (exact) mass is 390 g/mol. The van der Waals surface area contributed by atoms with Crippen LogP contribution in [-0.4, -0.2) is 5.78 Å². The summed E-state index contributed by atoms with van der Waals surface area (Å²) in [5, 5.41) is 0. The van der Waals surface area contributed by atoms with E-state index in [2.05, 4.69) is 15.9 Å². The summed E-state index contributed by atoms with van der Waals surface area (Å²) in [6, 6.07) is 25.1. The van der Waals surface area contributed by atoms with Crippen LogP contribution in [0.2, 0.25) is 0 Å². The minimum absolute atomic E-state index is 0.00989. The van der Waals surface area contributed by atoms with Crippen molar-refractivity contribution in [1.29, 1.82) is 0 Å². The fourth-order valence-electron chi connectivity index (χ4n) is 3.01. The van der Waals surface area contributed by atoms with Crippen LogP contribution in [0, 0.1) is 0 Å². The van der Waals surface area contributed by atoms with E-state index in [1.807, 2.05) is 84.9 Å². The Labute approximate surface area is 154 Å². The molecular weight excluding hydrogens is 376 g/mol. The van der Waals surface area contributed by atoms with Gasteiger partial charge in [0.25, 0.3) is 0 Å². The Kier molecular flexibility index (Phi) is 4.24. The molecule has 1 aliphatic rings. The standard InChI is InChI=1S/C22H15BrO2/c23-17-10-6-7-15(13-17)14-19-21(24)18-11-4-5-12-20(18)25-22(19)16-8-2-1-3-9-16/h1-14,22H/b19-14+/t22-/m1/s1. The maximum Gasteiger partial charge on any atom is 0.196 e. The second kappa shape index (κ2) is 6.69. The van der Waals surface area contributed by atoms with Crippen LogP contribution in [0.5, 0.6) is 5.75 Å². The topological polar surface area (TPSA) is 26.3 Å². The molecule has 0 radical (unpaired) electrons. The molecule has 0 unspecified atom stereocenters. The van der Waals surface area contributed by atoms with Crippen LogP contribution in [-0.2, 0) is 0 Å². The van der Waals surface area contributed by atoms with E-state index in [0.29, 0.717) is 16.9 Å². The summed E-state index contributed by atoms with van der Waals surface area (Å²) in [7, 11) is 0. The summed E-state index contributed by atoms with van der Waals surface area (Å²) in [6.07, 6.45) is 1.50. The van der Waals surface area contributed by atoms with Crippen LogP contribution in [0.15, 0.2) is 88.9 Å². The summed E-state index contributed by atoms with van der Waals surface area (Å²) < 4.78 is 7.18. The van der Waals surface area contributed by atoms with Crippen LogP contribution < -0.4 is 4.74 Å². The van der Waals surface area contributed by atoms with Crippen molar-refractivity contribution in [3.05, 3.63) is 106 Å². The molecule has 0 fully saturated rings. The van der Waals surface area contributed by atoms with Gasteiger partial charge in [-0.15, -0.1) is 0 Å². The average Bonchev–Trinajstić information content (AvgIpc) is 2.65. The second-order valence-electron chi connectivity index (χ2n) is 5.89. The number of para-hydroxylation sites is 1. The summed E-state index contributed by atoms with van der Waals surface area (Å²) >= 11 is 3.48. The zero-order valence-electron chi connectivity index (χ0n) is 13.4. The first-order chi connectivity index (χ1) is 12.2. The van der Waals surface area contributed by atoms with Crippen LogP contribution >= 0.6 is 15.9 Å². The molecule has 0 aromatic heterocycles. The molecule has 0 saturated carbocycles. The maximum atomic E-state index is 13.1. The average molecular weight is 391 g/mol. The second-order valence-corrected chi connectivity index (χ2v) is 6.80. The summed E-state index contributed by atoms with van der Waals surface area (Å²) in [5.41, 5.74) is 3.17. The number of carbonyl (C=O) groups is 1. The molecule has 1 aliphatic heterocycles. The van der Waals surface area contributed by atoms with Crippen molar-refractivity contribution < 1.29 is 9.53 Å². The molecule has 0 aliphatic carbocycles. The SMILES string of the molecule is O=C1/C(=C\c2cccc(Br)c2)[C@@H](c2ccccc2)Oc2ccccc21. The lowest BCUT2D eigenvalue weighted by Gasteiger charge is -2.28. The number of fused-ring (bicyclic) bond motifs is 1. The van der Waals surface area contributed by atoms with Crippen LogP contribution in [0.4, 0.5) is 0 Å². The molecule has 3 aromatic rings. The fourth-order valence-corrected chi connectivity index (χ4v) is 3.43. The Morgan fingerprint density at radius 1 is 0.880 bits per heavy atom. The van der Waals surface area contributed by atoms with Gasteiger partial charge in [-0.3, -0.25) is 4.79 Å². The molecule has 122 valence electrons. The third-order valence-corrected chi connectivity index (χ3v) is 4.69. The van der Waals surface area contributed by atoms with Crippen molar-refractivity contribution in [2.45, 2.75) is 6.10 Å². The predicted octanol–water partition coefficient (Wildman–Crippen LogP) is 5.85. The summed E-state index contributed by atoms with van der Waals surface area (Å²) in [4.78, 5) is 13.1. The van der Waals surface area contributed by atoms with Crippen molar-refractivity contribution in [3.8, 4) is 5.75 Å². The van der Waals surface area contributed by atoms with Crippen molar-refractivity contribution in [3.63, 3.8) is 0 Å². The number of hydrogen-bond donors (Lipinski definition) is 0. The van der Waals surface area contributed by atoms with Crippen LogP contribution in [0.3, 0.4) is 0 Å². The van der Waals surface area contributed by atoms with Gasteiger partial charge in [-0.1, -0.05) is 70.5 Å². The van der Waals surface area contributed by atoms with E-state index < -0.39 is 6.10 Å². The highest BCUT2D eigenvalue weighted by molar-refractivity contribution is 9.10. The molecule has 0 N–H and O–H groups in total. The minimum atomic E-state index is -0.414. The minimum Gasteiger partial charge on any atom is -0.480 e. The predicted molar refractivity (Wildman–Crippen MR) is 103 cm³/mol. The highest BCUT2D eigenvalue weighted by atomic mass is 79.9. The van der Waals surface area contributed by atoms with Gasteiger partial charge in [0.1, 0.15) is 5.75 Å². The Hall–Kier alpha value is -2.65. The van der Waals surface area contributed by atoms with E-state index in [-0.39, 0.29) is 5.78 Å². The van der Waals surface area contributed by atoms with Gasteiger partial charge in [-0.2, -0.15) is 0 Å². The lowest BCUT2D eigenvalue weighted by atomic mass is 9.89. The molecule has 0 amide bonds. The Bertz CT molecular complexity index is 961. The van der Waals surface area contributed by atoms with Crippen molar-refractivity contribution in [1.82, 2.24) is 0 Å². The van der Waals surface area contributed by atoms with Gasteiger partial charge in [0.05, 0.1) is 5.56 Å². The Morgan fingerprint density at radius 3 is 2.44 bits per heavy atom. The van der Waals surface area contributed by atoms with E-state index in [0.717, 1.165) is 15.6 Å². The van der Waals surface area contributed by atoms with E-state index in [4.69, 9.17) is 4.74 Å². The first kappa shape index (κ1) is 15.9. The smallest absolute Gasteiger partial charge is 0.196 e. The molecule has 1 atom stereocenters. The number of hydrogen-bond acceptors (Lipinski definition) is 2. The van der Waals surface area contributed by atoms with E-state index in [1.165, 1.54) is 0 Å². The highest BCUT2D eigenvalue weighted by Gasteiger charge is 2.32. The normalized spacial score (nSPS) is 17.9. The van der Waals surface area contributed by atoms with Gasteiger partial charge in [-0.25, -0.2) is 0 Å². The van der Waals surface area contributed by atoms with Gasteiger partial charge in [0.2, 0.25) is 0 Å². The maximum absolute atomic E-state index is 13.1. The number of halogens is 1. The molecule has 0 saturated heterocycles. The molecule has 3 aromatic carbocycles. The van der Waals surface area contributed by atoms with Crippen molar-refractivity contribution >= 4 is 27.8 Å². The number of ether oxygens (including phenoxy) is 1. The summed E-state index contributed by atoms with van der Waals surface area (Å²) in [6.45, 7) is 0. The lowest BCUT2D eigenvalue weighted by molar-refractivity contribution is 0.0963. The fraction of sp³-hybridized carbons (Fsp3) is 0.0455. The van der Waals surface area contributed by atoms with E-state index >= 15 is 0 Å².